The molecule has 0 saturated heterocycles. The Kier molecular flexibility index (Phi) is 14.2. The number of aliphatic hydroxyl groups excluding tert-OH is 1. The van der Waals surface area contributed by atoms with Crippen molar-refractivity contribution in [1.82, 2.24) is 20.9 Å². The highest BCUT2D eigenvalue weighted by atomic mass is 16.3. The molecule has 213 valence electrons. The van der Waals surface area contributed by atoms with E-state index < -0.39 is 65.6 Å². The van der Waals surface area contributed by atoms with Gasteiger partial charge >= 0.3 is 0 Å². The van der Waals surface area contributed by atoms with Gasteiger partial charge in [0.05, 0.1) is 24.2 Å². The lowest BCUT2D eigenvalue weighted by Crippen LogP contribution is -2.60. The standard InChI is InChI=1S/C26H48N5O6/c1-14(2)11-18(27)25(37)31(10)20(16(5)6)24(36)30-19(13-32)23(35)29-17(7)21(33)22(34)26(8,28-9)12-15(3)4/h14-20,32H,11-13,27H2,1-10H3,(H,29,35)(H,30,36)/t17-,18+,19+,20+,26+/m1/s1. The van der Waals surface area contributed by atoms with Crippen LogP contribution >= 0.6 is 0 Å². The third-order valence-corrected chi connectivity index (χ3v) is 6.29. The molecule has 0 rings (SSSR count). The Hall–Kier alpha value is -2.37. The molecule has 0 aromatic heterocycles. The topological polar surface area (TPSA) is 173 Å². The van der Waals surface area contributed by atoms with Crippen molar-refractivity contribution < 1.29 is 29.1 Å². The maximum Gasteiger partial charge on any atom is 0.245 e. The number of rotatable bonds is 16. The second-order valence-corrected chi connectivity index (χ2v) is 11.1. The van der Waals surface area contributed by atoms with Crippen molar-refractivity contribution in [2.75, 3.05) is 20.7 Å². The van der Waals surface area contributed by atoms with Crippen LogP contribution in [0, 0.1) is 17.8 Å². The molecule has 37 heavy (non-hydrogen) atoms. The molecule has 1 radical (unpaired) electrons. The van der Waals surface area contributed by atoms with Gasteiger partial charge in [0.1, 0.15) is 12.1 Å². The van der Waals surface area contributed by atoms with Crippen molar-refractivity contribution in [2.45, 2.75) is 97.9 Å². The molecule has 0 aromatic carbocycles. The molecular weight excluding hydrogens is 478 g/mol. The molecule has 0 aliphatic rings. The van der Waals surface area contributed by atoms with Gasteiger partial charge < -0.3 is 26.4 Å². The van der Waals surface area contributed by atoms with Crippen molar-refractivity contribution >= 4 is 29.3 Å². The maximum absolute atomic E-state index is 13.1. The molecule has 0 unspecified atom stereocenters. The summed E-state index contributed by atoms with van der Waals surface area (Å²) in [5.74, 6) is -3.46. The molecule has 0 heterocycles. The highest BCUT2D eigenvalue weighted by molar-refractivity contribution is 6.42. The van der Waals surface area contributed by atoms with Gasteiger partial charge in [-0.2, -0.15) is 0 Å². The predicted molar refractivity (Wildman–Crippen MR) is 141 cm³/mol. The molecule has 0 aliphatic heterocycles. The van der Waals surface area contributed by atoms with Crippen LogP contribution in [0.2, 0.25) is 0 Å². The zero-order valence-corrected chi connectivity index (χ0v) is 24.1. The van der Waals surface area contributed by atoms with Crippen LogP contribution in [0.25, 0.3) is 0 Å². The fourth-order valence-electron chi connectivity index (χ4n) is 4.31. The van der Waals surface area contributed by atoms with Gasteiger partial charge in [-0.15, -0.1) is 0 Å². The summed E-state index contributed by atoms with van der Waals surface area (Å²) >= 11 is 0. The highest BCUT2D eigenvalue weighted by Crippen LogP contribution is 2.19. The van der Waals surface area contributed by atoms with Crippen molar-refractivity contribution in [3.8, 4) is 0 Å². The van der Waals surface area contributed by atoms with Gasteiger partial charge in [0, 0.05) is 14.1 Å². The zero-order valence-electron chi connectivity index (χ0n) is 24.1. The summed E-state index contributed by atoms with van der Waals surface area (Å²) in [6, 6.07) is -4.32. The number of carbonyl (C=O) groups excluding carboxylic acids is 5. The first kappa shape index (κ1) is 34.6. The normalized spacial score (nSPS) is 16.5. The molecule has 11 nitrogen and oxygen atoms in total. The summed E-state index contributed by atoms with van der Waals surface area (Å²) in [4.78, 5) is 65.5. The lowest BCUT2D eigenvalue weighted by Gasteiger charge is -2.33. The van der Waals surface area contributed by atoms with Crippen LogP contribution in [0.5, 0.6) is 0 Å². The Morgan fingerprint density at radius 3 is 1.89 bits per heavy atom. The number of aliphatic hydroxyl groups is 1. The molecule has 5 atom stereocenters. The molecule has 11 heteroatoms. The average Bonchev–Trinajstić information content (AvgIpc) is 2.79. The van der Waals surface area contributed by atoms with Crippen LogP contribution in [0.1, 0.15) is 68.2 Å². The molecule has 0 aromatic rings. The van der Waals surface area contributed by atoms with E-state index in [0.717, 1.165) is 0 Å². The van der Waals surface area contributed by atoms with Crippen molar-refractivity contribution in [1.29, 1.82) is 0 Å². The molecule has 0 spiro atoms. The molecule has 5 N–H and O–H groups in total. The molecule has 3 amide bonds. The van der Waals surface area contributed by atoms with E-state index in [4.69, 9.17) is 5.73 Å². The second-order valence-electron chi connectivity index (χ2n) is 11.1. The minimum Gasteiger partial charge on any atom is -0.394 e. The number of nitrogens with zero attached hydrogens (tertiary/aromatic N) is 2. The number of nitrogens with one attached hydrogen (secondary N) is 2. The molecule has 0 saturated carbocycles. The van der Waals surface area contributed by atoms with Crippen molar-refractivity contribution in [3.63, 3.8) is 0 Å². The van der Waals surface area contributed by atoms with E-state index in [1.807, 2.05) is 27.7 Å². The van der Waals surface area contributed by atoms with Gasteiger partial charge in [-0.1, -0.05) is 41.5 Å². The number of nitrogens with two attached hydrogens (primary N) is 1. The lowest BCUT2D eigenvalue weighted by atomic mass is 9.84. The van der Waals surface area contributed by atoms with Crippen LogP contribution < -0.4 is 21.7 Å². The first-order valence-electron chi connectivity index (χ1n) is 12.9. The highest BCUT2D eigenvalue weighted by Gasteiger charge is 2.40. The summed E-state index contributed by atoms with van der Waals surface area (Å²) in [6.45, 7) is 13.4. The fraction of sp³-hybridized carbons (Fsp3) is 0.808. The molecule has 0 fully saturated rings. The first-order chi connectivity index (χ1) is 16.9. The molecular formula is C26H48N5O6. The Bertz CT molecular complexity index is 815. The number of ketones is 2. The van der Waals surface area contributed by atoms with E-state index in [1.165, 1.54) is 25.9 Å². The number of carbonyl (C=O) groups is 5. The summed E-state index contributed by atoms with van der Waals surface area (Å²) in [5, 5.41) is 18.7. The van der Waals surface area contributed by atoms with Crippen molar-refractivity contribution in [3.05, 3.63) is 0 Å². The predicted octanol–water partition coefficient (Wildman–Crippen LogP) is 0.00180. The van der Waals surface area contributed by atoms with E-state index in [1.54, 1.807) is 20.8 Å². The summed E-state index contributed by atoms with van der Waals surface area (Å²) in [5.41, 5.74) is 4.80. The van der Waals surface area contributed by atoms with E-state index in [-0.39, 0.29) is 17.8 Å². The number of hydrogen-bond acceptors (Lipinski definition) is 7. The van der Waals surface area contributed by atoms with Crippen molar-refractivity contribution in [2.24, 2.45) is 23.5 Å². The van der Waals surface area contributed by atoms with E-state index in [9.17, 15) is 29.1 Å². The van der Waals surface area contributed by atoms with Crippen LogP contribution in [-0.4, -0.2) is 89.7 Å². The summed E-state index contributed by atoms with van der Waals surface area (Å²) in [7, 11) is 2.94. The smallest absolute Gasteiger partial charge is 0.245 e. The number of likely N-dealkylation sites (N-methyl/N-ethyl adjacent to an activating group) is 2. The first-order valence-corrected chi connectivity index (χ1v) is 12.9. The Labute approximate surface area is 221 Å². The second kappa shape index (κ2) is 15.1. The van der Waals surface area contributed by atoms with Gasteiger partial charge in [-0.05, 0) is 44.4 Å². The zero-order chi connectivity index (χ0) is 29.2. The summed E-state index contributed by atoms with van der Waals surface area (Å²) < 4.78 is 0. The Morgan fingerprint density at radius 1 is 0.946 bits per heavy atom. The minimum absolute atomic E-state index is 0.114. The molecule has 0 aliphatic carbocycles. The van der Waals surface area contributed by atoms with Gasteiger partial charge in [0.15, 0.2) is 0 Å². The number of Topliss-reactive ketones (excluding diaryl/α,β-unsaturated/α-hetero) is 2. The minimum atomic E-state index is -1.40. The fourth-order valence-corrected chi connectivity index (χ4v) is 4.31. The number of hydrogen-bond donors (Lipinski definition) is 4. The SMILES string of the molecule is C[N][C@@](C)(CC(C)C)C(=O)C(=O)[C@@H](C)NC(=O)[C@H](CO)NC(=O)[C@H](C(C)C)N(C)C(=O)[C@@H](N)CC(C)C. The van der Waals surface area contributed by atoms with Crippen LogP contribution in [0.3, 0.4) is 0 Å². The van der Waals surface area contributed by atoms with Crippen LogP contribution in [0.15, 0.2) is 0 Å². The monoisotopic (exact) mass is 526 g/mol. The Morgan fingerprint density at radius 2 is 1.49 bits per heavy atom. The van der Waals surface area contributed by atoms with Gasteiger partial charge in [-0.3, -0.25) is 24.0 Å². The van der Waals surface area contributed by atoms with Crippen LogP contribution in [-0.2, 0) is 24.0 Å². The lowest BCUT2D eigenvalue weighted by molar-refractivity contribution is -0.143. The third kappa shape index (κ3) is 10.1. The van der Waals surface area contributed by atoms with Gasteiger partial charge in [0.25, 0.3) is 0 Å². The number of amides is 3. The van der Waals surface area contributed by atoms with Crippen LogP contribution in [0.4, 0.5) is 0 Å². The average molecular weight is 527 g/mol. The molecule has 0 bridgehead atoms. The Balaban J connectivity index is 5.49. The third-order valence-electron chi connectivity index (χ3n) is 6.29. The van der Waals surface area contributed by atoms with E-state index >= 15 is 0 Å². The maximum atomic E-state index is 13.1. The van der Waals surface area contributed by atoms with Gasteiger partial charge in [0.2, 0.25) is 29.3 Å². The van der Waals surface area contributed by atoms with E-state index in [0.29, 0.717) is 12.8 Å². The quantitative estimate of drug-likeness (QED) is 0.205. The summed E-state index contributed by atoms with van der Waals surface area (Å²) in [6.07, 6.45) is 0.817. The largest absolute Gasteiger partial charge is 0.394 e. The van der Waals surface area contributed by atoms with Gasteiger partial charge in [-0.25, -0.2) is 5.32 Å². The van der Waals surface area contributed by atoms with E-state index in [2.05, 4.69) is 16.0 Å².